The van der Waals surface area contributed by atoms with Gasteiger partial charge in [-0.15, -0.1) is 0 Å². The summed E-state index contributed by atoms with van der Waals surface area (Å²) in [6.45, 7) is 6.37. The van der Waals surface area contributed by atoms with Crippen molar-refractivity contribution in [3.05, 3.63) is 42.5 Å². The molecule has 2 aromatic carbocycles. The van der Waals surface area contributed by atoms with Crippen molar-refractivity contribution in [2.75, 3.05) is 19.7 Å². The number of amides is 2. The van der Waals surface area contributed by atoms with Crippen molar-refractivity contribution >= 4 is 22.8 Å². The Morgan fingerprint density at radius 3 is 2.42 bits per heavy atom. The topological polar surface area (TPSA) is 76.7 Å². The Balaban J connectivity index is 1.61. The minimum absolute atomic E-state index is 0.150. The zero-order valence-corrected chi connectivity index (χ0v) is 15.5. The van der Waals surface area contributed by atoms with Crippen LogP contribution in [0.2, 0.25) is 0 Å². The number of fused-ring (bicyclic) bond motifs is 1. The molecule has 0 radical (unpaired) electrons. The van der Waals surface area contributed by atoms with E-state index >= 15 is 0 Å². The molecule has 0 aromatic heterocycles. The van der Waals surface area contributed by atoms with Gasteiger partial charge in [0.15, 0.2) is 0 Å². The highest BCUT2D eigenvalue weighted by molar-refractivity contribution is 5.83. The van der Waals surface area contributed by atoms with E-state index in [0.29, 0.717) is 13.2 Å². The van der Waals surface area contributed by atoms with E-state index in [-0.39, 0.29) is 18.9 Å². The number of alkyl carbamates (subject to hydrolysis) is 1. The molecule has 6 nitrogen and oxygen atoms in total. The van der Waals surface area contributed by atoms with Gasteiger partial charge in [0, 0.05) is 13.0 Å². The van der Waals surface area contributed by atoms with Gasteiger partial charge >= 0.3 is 6.09 Å². The predicted molar refractivity (Wildman–Crippen MR) is 101 cm³/mol. The Morgan fingerprint density at radius 1 is 0.962 bits per heavy atom. The highest BCUT2D eigenvalue weighted by atomic mass is 16.6. The molecular weight excluding hydrogens is 332 g/mol. The molecule has 2 N–H and O–H groups in total. The summed E-state index contributed by atoms with van der Waals surface area (Å²) in [5.74, 6) is 0.618. The Hall–Kier alpha value is -2.76. The Kier molecular flexibility index (Phi) is 6.83. The molecule has 0 aliphatic carbocycles. The standard InChI is InChI=1S/C20H26N2O4/c1-20(2,3)26-19(24)22-11-10-18(23)21-12-13-25-17-9-8-15-6-4-5-7-16(15)14-17/h4-9,14H,10-13H2,1-3H3,(H,21,23)(H,22,24). The second-order valence-electron chi connectivity index (χ2n) is 6.89. The maximum Gasteiger partial charge on any atom is 0.407 e. The molecule has 0 bridgehead atoms. The van der Waals surface area contributed by atoms with Gasteiger partial charge in [-0.25, -0.2) is 4.79 Å². The molecule has 2 amide bonds. The van der Waals surface area contributed by atoms with Crippen LogP contribution >= 0.6 is 0 Å². The van der Waals surface area contributed by atoms with Crippen LogP contribution in [-0.4, -0.2) is 37.3 Å². The van der Waals surface area contributed by atoms with Gasteiger partial charge in [0.1, 0.15) is 18.0 Å². The summed E-state index contributed by atoms with van der Waals surface area (Å²) < 4.78 is 10.8. The van der Waals surface area contributed by atoms with Crippen LogP contribution in [0.15, 0.2) is 42.5 Å². The van der Waals surface area contributed by atoms with E-state index < -0.39 is 11.7 Å². The molecule has 2 aromatic rings. The van der Waals surface area contributed by atoms with Gasteiger partial charge in [-0.2, -0.15) is 0 Å². The molecule has 0 aliphatic heterocycles. The van der Waals surface area contributed by atoms with Crippen LogP contribution in [0.3, 0.4) is 0 Å². The SMILES string of the molecule is CC(C)(C)OC(=O)NCCC(=O)NCCOc1ccc2ccccc2c1. The third kappa shape index (κ3) is 7.01. The molecule has 0 unspecified atom stereocenters. The third-order valence-corrected chi connectivity index (χ3v) is 3.43. The van der Waals surface area contributed by atoms with Crippen molar-refractivity contribution in [3.8, 4) is 5.75 Å². The van der Waals surface area contributed by atoms with E-state index in [1.165, 1.54) is 0 Å². The molecule has 0 atom stereocenters. The van der Waals surface area contributed by atoms with Crippen molar-refractivity contribution < 1.29 is 19.1 Å². The second kappa shape index (κ2) is 9.08. The van der Waals surface area contributed by atoms with E-state index in [1.807, 2.05) is 42.5 Å². The summed E-state index contributed by atoms with van der Waals surface area (Å²) in [7, 11) is 0. The number of hydrogen-bond acceptors (Lipinski definition) is 4. The molecule has 6 heteroatoms. The lowest BCUT2D eigenvalue weighted by Gasteiger charge is -2.19. The minimum atomic E-state index is -0.549. The average molecular weight is 358 g/mol. The highest BCUT2D eigenvalue weighted by Crippen LogP contribution is 2.20. The maximum atomic E-state index is 11.7. The molecule has 0 heterocycles. The first-order chi connectivity index (χ1) is 12.3. The number of carbonyl (C=O) groups excluding carboxylic acids is 2. The van der Waals surface area contributed by atoms with Gasteiger partial charge in [-0.1, -0.05) is 30.3 Å². The van der Waals surface area contributed by atoms with Gasteiger partial charge in [-0.05, 0) is 43.7 Å². The summed E-state index contributed by atoms with van der Waals surface area (Å²) in [4.78, 5) is 23.2. The van der Waals surface area contributed by atoms with Gasteiger partial charge in [0.2, 0.25) is 5.91 Å². The van der Waals surface area contributed by atoms with Crippen molar-refractivity contribution in [3.63, 3.8) is 0 Å². The first kappa shape index (κ1) is 19.6. The number of benzene rings is 2. The fourth-order valence-electron chi connectivity index (χ4n) is 2.30. The lowest BCUT2D eigenvalue weighted by Crippen LogP contribution is -2.35. The van der Waals surface area contributed by atoms with Gasteiger partial charge in [0.05, 0.1) is 6.54 Å². The van der Waals surface area contributed by atoms with E-state index in [4.69, 9.17) is 9.47 Å². The molecular formula is C20H26N2O4. The first-order valence-corrected chi connectivity index (χ1v) is 8.69. The van der Waals surface area contributed by atoms with Crippen LogP contribution in [0.4, 0.5) is 4.79 Å². The van der Waals surface area contributed by atoms with Gasteiger partial charge in [-0.3, -0.25) is 4.79 Å². The zero-order valence-electron chi connectivity index (χ0n) is 15.5. The molecule has 0 saturated carbocycles. The van der Waals surface area contributed by atoms with Crippen LogP contribution in [0.1, 0.15) is 27.2 Å². The summed E-state index contributed by atoms with van der Waals surface area (Å²) in [6, 6.07) is 13.9. The van der Waals surface area contributed by atoms with Crippen molar-refractivity contribution in [2.45, 2.75) is 32.8 Å². The van der Waals surface area contributed by atoms with E-state index in [0.717, 1.165) is 16.5 Å². The summed E-state index contributed by atoms with van der Waals surface area (Å²) in [6.07, 6.45) is -0.334. The van der Waals surface area contributed by atoms with E-state index in [9.17, 15) is 9.59 Å². The molecule has 0 aliphatic rings. The van der Waals surface area contributed by atoms with Crippen molar-refractivity contribution in [2.24, 2.45) is 0 Å². The first-order valence-electron chi connectivity index (χ1n) is 8.69. The Labute approximate surface area is 153 Å². The Morgan fingerprint density at radius 2 is 1.69 bits per heavy atom. The maximum absolute atomic E-state index is 11.7. The number of carbonyl (C=O) groups is 2. The third-order valence-electron chi connectivity index (χ3n) is 3.43. The van der Waals surface area contributed by atoms with Crippen LogP contribution in [-0.2, 0) is 9.53 Å². The molecule has 140 valence electrons. The van der Waals surface area contributed by atoms with Crippen LogP contribution in [0.5, 0.6) is 5.75 Å². The monoisotopic (exact) mass is 358 g/mol. The van der Waals surface area contributed by atoms with Crippen LogP contribution in [0.25, 0.3) is 10.8 Å². The largest absolute Gasteiger partial charge is 0.492 e. The predicted octanol–water partition coefficient (Wildman–Crippen LogP) is 3.25. The quantitative estimate of drug-likeness (QED) is 0.745. The number of hydrogen-bond donors (Lipinski definition) is 2. The fraction of sp³-hybridized carbons (Fsp3) is 0.400. The molecule has 0 saturated heterocycles. The summed E-state index contributed by atoms with van der Waals surface area (Å²) in [5.41, 5.74) is -0.549. The molecule has 2 rings (SSSR count). The zero-order chi connectivity index (χ0) is 19.0. The normalized spacial score (nSPS) is 11.0. The number of nitrogens with one attached hydrogen (secondary N) is 2. The average Bonchev–Trinajstić information content (AvgIpc) is 2.57. The second-order valence-corrected chi connectivity index (χ2v) is 6.89. The van der Waals surface area contributed by atoms with Crippen molar-refractivity contribution in [1.82, 2.24) is 10.6 Å². The van der Waals surface area contributed by atoms with Gasteiger partial charge < -0.3 is 20.1 Å². The smallest absolute Gasteiger partial charge is 0.407 e. The van der Waals surface area contributed by atoms with Gasteiger partial charge in [0.25, 0.3) is 0 Å². The van der Waals surface area contributed by atoms with E-state index in [2.05, 4.69) is 10.6 Å². The molecule has 0 fully saturated rings. The van der Waals surface area contributed by atoms with Crippen LogP contribution in [0, 0.1) is 0 Å². The Bertz CT molecular complexity index is 753. The number of ether oxygens (including phenoxy) is 2. The van der Waals surface area contributed by atoms with Crippen molar-refractivity contribution in [1.29, 1.82) is 0 Å². The van der Waals surface area contributed by atoms with E-state index in [1.54, 1.807) is 20.8 Å². The number of rotatable bonds is 7. The lowest BCUT2D eigenvalue weighted by atomic mass is 10.1. The minimum Gasteiger partial charge on any atom is -0.492 e. The lowest BCUT2D eigenvalue weighted by molar-refractivity contribution is -0.121. The fourth-order valence-corrected chi connectivity index (χ4v) is 2.30. The summed E-state index contributed by atoms with van der Waals surface area (Å²) >= 11 is 0. The van der Waals surface area contributed by atoms with Crippen LogP contribution < -0.4 is 15.4 Å². The molecule has 0 spiro atoms. The summed E-state index contributed by atoms with van der Waals surface area (Å²) in [5, 5.41) is 7.58. The molecule has 26 heavy (non-hydrogen) atoms. The highest BCUT2D eigenvalue weighted by Gasteiger charge is 2.15.